The van der Waals surface area contributed by atoms with Crippen molar-refractivity contribution < 1.29 is 10.2 Å². The third-order valence-corrected chi connectivity index (χ3v) is 2.49. The quantitative estimate of drug-likeness (QED) is 0.708. The number of H-pyrrole nitrogens is 1. The molecule has 2 rings (SSSR count). The highest BCUT2D eigenvalue weighted by molar-refractivity contribution is 5.72. The monoisotopic (exact) mass is 242 g/mol. The van der Waals surface area contributed by atoms with E-state index in [2.05, 4.69) is 4.98 Å². The Bertz CT molecular complexity index is 691. The molecule has 0 bridgehead atoms. The zero-order valence-corrected chi connectivity index (χ0v) is 9.56. The molecule has 0 unspecified atom stereocenters. The molecule has 2 aromatic rings. The van der Waals surface area contributed by atoms with Crippen LogP contribution in [-0.4, -0.2) is 15.2 Å². The highest BCUT2D eigenvalue weighted by Gasteiger charge is 2.11. The van der Waals surface area contributed by atoms with Gasteiger partial charge < -0.3 is 15.2 Å². The number of aromatic nitrogens is 1. The Morgan fingerprint density at radius 2 is 1.78 bits per heavy atom. The van der Waals surface area contributed by atoms with E-state index in [1.807, 2.05) is 6.07 Å². The van der Waals surface area contributed by atoms with Gasteiger partial charge in [-0.3, -0.25) is 4.79 Å². The lowest BCUT2D eigenvalue weighted by Gasteiger charge is -2.06. The fraction of sp³-hybridized carbons (Fsp3) is 0.0769. The highest BCUT2D eigenvalue weighted by atomic mass is 16.3. The van der Waals surface area contributed by atoms with Gasteiger partial charge in [-0.25, -0.2) is 0 Å². The lowest BCUT2D eigenvalue weighted by Crippen LogP contribution is -2.12. The summed E-state index contributed by atoms with van der Waals surface area (Å²) in [6.45, 7) is 1.69. The number of pyridine rings is 1. The number of nitrogens with zero attached hydrogens (tertiary/aromatic N) is 1. The van der Waals surface area contributed by atoms with E-state index in [1.165, 1.54) is 18.2 Å². The molecule has 0 aliphatic heterocycles. The first-order chi connectivity index (χ1) is 8.51. The van der Waals surface area contributed by atoms with Crippen LogP contribution in [0, 0.1) is 18.3 Å². The average molecular weight is 242 g/mol. The first kappa shape index (κ1) is 11.7. The van der Waals surface area contributed by atoms with E-state index in [1.54, 1.807) is 13.0 Å². The van der Waals surface area contributed by atoms with E-state index in [9.17, 15) is 15.0 Å². The number of nitriles is 1. The average Bonchev–Trinajstić information content (AvgIpc) is 2.26. The minimum absolute atomic E-state index is 0.0504. The largest absolute Gasteiger partial charge is 0.508 e. The van der Waals surface area contributed by atoms with Crippen molar-refractivity contribution in [2.75, 3.05) is 0 Å². The summed E-state index contributed by atoms with van der Waals surface area (Å²) < 4.78 is 0. The van der Waals surface area contributed by atoms with E-state index in [4.69, 9.17) is 5.26 Å². The Morgan fingerprint density at radius 3 is 2.33 bits per heavy atom. The summed E-state index contributed by atoms with van der Waals surface area (Å²) in [5, 5.41) is 27.9. The molecule has 18 heavy (non-hydrogen) atoms. The number of benzene rings is 1. The van der Waals surface area contributed by atoms with Crippen molar-refractivity contribution in [3.05, 3.63) is 45.9 Å². The van der Waals surface area contributed by atoms with Crippen LogP contribution >= 0.6 is 0 Å². The number of aromatic hydroxyl groups is 2. The van der Waals surface area contributed by atoms with Gasteiger partial charge in [-0.05, 0) is 30.7 Å². The van der Waals surface area contributed by atoms with Crippen LogP contribution in [0.1, 0.15) is 11.3 Å². The van der Waals surface area contributed by atoms with Gasteiger partial charge in [0.1, 0.15) is 23.1 Å². The summed E-state index contributed by atoms with van der Waals surface area (Å²) in [5.74, 6) is -0.265. The molecule has 0 fully saturated rings. The van der Waals surface area contributed by atoms with E-state index >= 15 is 0 Å². The predicted octanol–water partition coefficient (Wildman–Crippen LogP) is 1.63. The maximum absolute atomic E-state index is 11.6. The molecule has 0 aliphatic rings. The van der Waals surface area contributed by atoms with Gasteiger partial charge in [0.25, 0.3) is 5.56 Å². The summed E-state index contributed by atoms with van der Waals surface area (Å²) in [5.41, 5.74) is 0.848. The van der Waals surface area contributed by atoms with Crippen molar-refractivity contribution in [2.45, 2.75) is 6.92 Å². The van der Waals surface area contributed by atoms with Crippen LogP contribution in [-0.2, 0) is 0 Å². The molecular weight excluding hydrogens is 232 g/mol. The number of hydrogen-bond acceptors (Lipinski definition) is 4. The van der Waals surface area contributed by atoms with Crippen molar-refractivity contribution in [3.8, 4) is 28.7 Å². The molecule has 0 amide bonds. The molecular formula is C13H10N2O3. The molecule has 3 N–H and O–H groups in total. The van der Waals surface area contributed by atoms with E-state index in [-0.39, 0.29) is 17.1 Å². The van der Waals surface area contributed by atoms with Crippen molar-refractivity contribution in [1.82, 2.24) is 4.98 Å². The Hall–Kier alpha value is -2.74. The minimum Gasteiger partial charge on any atom is -0.508 e. The van der Waals surface area contributed by atoms with Gasteiger partial charge in [0.15, 0.2) is 0 Å². The first-order valence-corrected chi connectivity index (χ1v) is 5.18. The summed E-state index contributed by atoms with van der Waals surface area (Å²) in [7, 11) is 0. The molecule has 0 saturated carbocycles. The molecule has 0 saturated heterocycles. The van der Waals surface area contributed by atoms with Crippen molar-refractivity contribution >= 4 is 0 Å². The van der Waals surface area contributed by atoms with Crippen LogP contribution in [0.25, 0.3) is 11.1 Å². The second-order valence-electron chi connectivity index (χ2n) is 3.92. The Labute approximate surface area is 103 Å². The van der Waals surface area contributed by atoms with Crippen molar-refractivity contribution in [1.29, 1.82) is 5.26 Å². The maximum Gasteiger partial charge on any atom is 0.266 e. The molecule has 1 aromatic heterocycles. The SMILES string of the molecule is Cc1cc(-c2cc(O)cc(O)c2)c(C#N)c(=O)[nH]1. The lowest BCUT2D eigenvalue weighted by molar-refractivity contribution is 0.451. The second kappa shape index (κ2) is 4.26. The maximum atomic E-state index is 11.6. The molecule has 90 valence electrons. The fourth-order valence-corrected chi connectivity index (χ4v) is 1.78. The second-order valence-corrected chi connectivity index (χ2v) is 3.92. The standard InChI is InChI=1S/C13H10N2O3/c1-7-2-11(12(6-14)13(18)15-7)8-3-9(16)5-10(17)4-8/h2-5,16-17H,1H3,(H,15,18). The normalized spacial score (nSPS) is 10.0. The number of aryl methyl sites for hydroxylation is 1. The number of phenols is 2. The molecule has 5 nitrogen and oxygen atoms in total. The first-order valence-electron chi connectivity index (χ1n) is 5.18. The Morgan fingerprint density at radius 1 is 1.17 bits per heavy atom. The van der Waals surface area contributed by atoms with Crippen LogP contribution < -0.4 is 5.56 Å². The number of rotatable bonds is 1. The van der Waals surface area contributed by atoms with Crippen LogP contribution in [0.4, 0.5) is 0 Å². The predicted molar refractivity (Wildman–Crippen MR) is 65.3 cm³/mol. The highest BCUT2D eigenvalue weighted by Crippen LogP contribution is 2.29. The zero-order valence-electron chi connectivity index (χ0n) is 9.56. The van der Waals surface area contributed by atoms with Gasteiger partial charge in [0.05, 0.1) is 0 Å². The number of phenolic OH excluding ortho intramolecular Hbond substituents is 2. The summed E-state index contributed by atoms with van der Waals surface area (Å²) in [4.78, 5) is 14.2. The number of hydrogen-bond donors (Lipinski definition) is 3. The van der Waals surface area contributed by atoms with Gasteiger partial charge >= 0.3 is 0 Å². The van der Waals surface area contributed by atoms with Crippen LogP contribution in [0.3, 0.4) is 0 Å². The molecule has 1 heterocycles. The van der Waals surface area contributed by atoms with Gasteiger partial charge in [-0.15, -0.1) is 0 Å². The molecule has 1 aromatic carbocycles. The molecule has 0 spiro atoms. The Balaban J connectivity index is 2.78. The summed E-state index contributed by atoms with van der Waals surface area (Å²) in [6.07, 6.45) is 0. The third-order valence-electron chi connectivity index (χ3n) is 2.49. The van der Waals surface area contributed by atoms with Crippen molar-refractivity contribution in [2.24, 2.45) is 0 Å². The zero-order chi connectivity index (χ0) is 13.3. The molecule has 0 atom stereocenters. The molecule has 5 heteroatoms. The lowest BCUT2D eigenvalue weighted by atomic mass is 10.0. The topological polar surface area (TPSA) is 97.1 Å². The van der Waals surface area contributed by atoms with E-state index < -0.39 is 5.56 Å². The Kier molecular flexibility index (Phi) is 2.78. The van der Waals surface area contributed by atoms with Gasteiger partial charge in [-0.1, -0.05) is 0 Å². The van der Waals surface area contributed by atoms with Crippen LogP contribution in [0.2, 0.25) is 0 Å². The van der Waals surface area contributed by atoms with Crippen LogP contribution in [0.15, 0.2) is 29.1 Å². The van der Waals surface area contributed by atoms with Crippen LogP contribution in [0.5, 0.6) is 11.5 Å². The van der Waals surface area contributed by atoms with Gasteiger partial charge in [-0.2, -0.15) is 5.26 Å². The third kappa shape index (κ3) is 2.04. The van der Waals surface area contributed by atoms with E-state index in [0.717, 1.165) is 0 Å². The van der Waals surface area contributed by atoms with Crippen molar-refractivity contribution in [3.63, 3.8) is 0 Å². The van der Waals surface area contributed by atoms with E-state index in [0.29, 0.717) is 16.8 Å². The fourth-order valence-electron chi connectivity index (χ4n) is 1.78. The molecule has 0 radical (unpaired) electrons. The summed E-state index contributed by atoms with van der Waals surface area (Å²) in [6, 6.07) is 7.38. The smallest absolute Gasteiger partial charge is 0.266 e. The molecule has 0 aliphatic carbocycles. The number of aromatic amines is 1. The van der Waals surface area contributed by atoms with Gasteiger partial charge in [0, 0.05) is 17.3 Å². The summed E-state index contributed by atoms with van der Waals surface area (Å²) >= 11 is 0. The number of nitrogens with one attached hydrogen (secondary N) is 1. The van der Waals surface area contributed by atoms with Gasteiger partial charge in [0.2, 0.25) is 0 Å². The minimum atomic E-state index is -0.490.